The van der Waals surface area contributed by atoms with Gasteiger partial charge in [-0.15, -0.1) is 0 Å². The monoisotopic (exact) mass is 268 g/mol. The van der Waals surface area contributed by atoms with Crippen molar-refractivity contribution in [1.82, 2.24) is 19.9 Å². The summed E-state index contributed by atoms with van der Waals surface area (Å²) in [5, 5.41) is 12.8. The third-order valence-corrected chi connectivity index (χ3v) is 3.70. The molecule has 1 saturated heterocycles. The summed E-state index contributed by atoms with van der Waals surface area (Å²) in [7, 11) is 0. The molecule has 2 atom stereocenters. The maximum Gasteiger partial charge on any atom is 0.320 e. The largest absolute Gasteiger partial charge is 0.480 e. The van der Waals surface area contributed by atoms with E-state index in [1.165, 1.54) is 0 Å². The van der Waals surface area contributed by atoms with Crippen molar-refractivity contribution >= 4 is 5.97 Å². The van der Waals surface area contributed by atoms with Crippen molar-refractivity contribution in [2.75, 3.05) is 26.2 Å². The van der Waals surface area contributed by atoms with Gasteiger partial charge in [0.05, 0.1) is 6.04 Å². The number of aryl methyl sites for hydroxylation is 1. The molecular weight excluding hydrogens is 248 g/mol. The van der Waals surface area contributed by atoms with E-state index in [1.54, 1.807) is 13.8 Å². The van der Waals surface area contributed by atoms with Gasteiger partial charge >= 0.3 is 5.97 Å². The number of piperazine rings is 1. The number of aromatic nitrogens is 2. The van der Waals surface area contributed by atoms with Crippen molar-refractivity contribution in [3.63, 3.8) is 0 Å². The van der Waals surface area contributed by atoms with E-state index in [-0.39, 0.29) is 6.04 Å². The second-order valence-electron chi connectivity index (χ2n) is 4.94. The molecule has 19 heavy (non-hydrogen) atoms. The van der Waals surface area contributed by atoms with E-state index in [9.17, 15) is 4.79 Å². The Morgan fingerprint density at radius 2 is 1.84 bits per heavy atom. The molecule has 2 rings (SSSR count). The minimum Gasteiger partial charge on any atom is -0.480 e. The number of carboxylic acid groups (broad SMARTS) is 1. The van der Waals surface area contributed by atoms with E-state index in [0.717, 1.165) is 26.2 Å². The molecule has 1 fully saturated rings. The Kier molecular flexibility index (Phi) is 4.16. The number of hydrogen-bond donors (Lipinski definition) is 1. The van der Waals surface area contributed by atoms with Gasteiger partial charge in [0.15, 0.2) is 5.82 Å². The average molecular weight is 268 g/mol. The quantitative estimate of drug-likeness (QED) is 0.852. The fourth-order valence-electron chi connectivity index (χ4n) is 2.31. The van der Waals surface area contributed by atoms with Crippen LogP contribution in [0.1, 0.15) is 31.6 Å². The standard InChI is InChI=1S/C12H20N4O3/c1-8(11-13-10(3)14-19-11)15-4-6-16(7-5-15)9(2)12(17)18/h8-9H,4-7H2,1-3H3,(H,17,18). The van der Waals surface area contributed by atoms with E-state index in [4.69, 9.17) is 9.63 Å². The van der Waals surface area contributed by atoms with Crippen molar-refractivity contribution in [3.8, 4) is 0 Å². The molecule has 0 saturated carbocycles. The van der Waals surface area contributed by atoms with E-state index in [1.807, 2.05) is 11.8 Å². The number of rotatable bonds is 4. The van der Waals surface area contributed by atoms with Gasteiger partial charge in [0, 0.05) is 26.2 Å². The minimum atomic E-state index is -0.769. The second-order valence-corrected chi connectivity index (χ2v) is 4.94. The van der Waals surface area contributed by atoms with Crippen molar-refractivity contribution in [3.05, 3.63) is 11.7 Å². The molecule has 1 aromatic rings. The lowest BCUT2D eigenvalue weighted by molar-refractivity contribution is -0.143. The maximum absolute atomic E-state index is 10.9. The van der Waals surface area contributed by atoms with Gasteiger partial charge in [-0.2, -0.15) is 4.98 Å². The highest BCUT2D eigenvalue weighted by atomic mass is 16.5. The highest BCUT2D eigenvalue weighted by molar-refractivity contribution is 5.72. The molecule has 1 aromatic heterocycles. The van der Waals surface area contributed by atoms with Gasteiger partial charge in [0.2, 0.25) is 5.89 Å². The zero-order valence-corrected chi connectivity index (χ0v) is 11.5. The molecule has 0 aliphatic carbocycles. The molecule has 7 heteroatoms. The summed E-state index contributed by atoms with van der Waals surface area (Å²) in [5.41, 5.74) is 0. The summed E-state index contributed by atoms with van der Waals surface area (Å²) in [6.07, 6.45) is 0. The van der Waals surface area contributed by atoms with Gasteiger partial charge in [-0.05, 0) is 20.8 Å². The molecule has 1 N–H and O–H groups in total. The van der Waals surface area contributed by atoms with Gasteiger partial charge in [-0.3, -0.25) is 14.6 Å². The molecular formula is C12H20N4O3. The van der Waals surface area contributed by atoms with Crippen molar-refractivity contribution in [2.24, 2.45) is 0 Å². The van der Waals surface area contributed by atoms with Crippen LogP contribution in [-0.2, 0) is 4.79 Å². The Morgan fingerprint density at radius 3 is 2.32 bits per heavy atom. The minimum absolute atomic E-state index is 0.0727. The Morgan fingerprint density at radius 1 is 1.26 bits per heavy atom. The molecule has 1 aliphatic heterocycles. The van der Waals surface area contributed by atoms with Crippen molar-refractivity contribution in [1.29, 1.82) is 0 Å². The van der Waals surface area contributed by atoms with Gasteiger partial charge < -0.3 is 9.63 Å². The number of aliphatic carboxylic acids is 1. The summed E-state index contributed by atoms with van der Waals surface area (Å²) in [5.74, 6) is 0.492. The maximum atomic E-state index is 10.9. The van der Waals surface area contributed by atoms with Crippen LogP contribution in [0.2, 0.25) is 0 Å². The van der Waals surface area contributed by atoms with Gasteiger partial charge in [0.1, 0.15) is 6.04 Å². The summed E-state index contributed by atoms with van der Waals surface area (Å²) in [4.78, 5) is 19.4. The van der Waals surface area contributed by atoms with E-state index >= 15 is 0 Å². The van der Waals surface area contributed by atoms with Gasteiger partial charge in [-0.1, -0.05) is 5.16 Å². The molecule has 0 amide bonds. The molecule has 1 aliphatic rings. The van der Waals surface area contributed by atoms with E-state index in [0.29, 0.717) is 11.7 Å². The lowest BCUT2D eigenvalue weighted by atomic mass is 10.2. The van der Waals surface area contributed by atoms with Gasteiger partial charge in [0.25, 0.3) is 0 Å². The zero-order chi connectivity index (χ0) is 14.0. The van der Waals surface area contributed by atoms with Crippen LogP contribution in [0.5, 0.6) is 0 Å². The first kappa shape index (κ1) is 14.0. The first-order valence-corrected chi connectivity index (χ1v) is 6.50. The Labute approximate surface area is 112 Å². The summed E-state index contributed by atoms with van der Waals surface area (Å²) in [6.45, 7) is 8.65. The fourth-order valence-corrected chi connectivity index (χ4v) is 2.31. The van der Waals surface area contributed by atoms with Crippen LogP contribution in [0.3, 0.4) is 0 Å². The summed E-state index contributed by atoms with van der Waals surface area (Å²) in [6, 6.07) is -0.355. The zero-order valence-electron chi connectivity index (χ0n) is 11.5. The third kappa shape index (κ3) is 3.10. The van der Waals surface area contributed by atoms with Crippen LogP contribution >= 0.6 is 0 Å². The predicted molar refractivity (Wildman–Crippen MR) is 67.7 cm³/mol. The SMILES string of the molecule is Cc1noc(C(C)N2CCN(C(C)C(=O)O)CC2)n1. The van der Waals surface area contributed by atoms with Crippen LogP contribution in [0.4, 0.5) is 0 Å². The third-order valence-electron chi connectivity index (χ3n) is 3.70. The van der Waals surface area contributed by atoms with E-state index < -0.39 is 12.0 Å². The van der Waals surface area contributed by atoms with Crippen molar-refractivity contribution in [2.45, 2.75) is 32.9 Å². The number of carbonyl (C=O) groups is 1. The van der Waals surface area contributed by atoms with Crippen LogP contribution < -0.4 is 0 Å². The smallest absolute Gasteiger partial charge is 0.320 e. The van der Waals surface area contributed by atoms with Gasteiger partial charge in [-0.25, -0.2) is 0 Å². The fraction of sp³-hybridized carbons (Fsp3) is 0.750. The van der Waals surface area contributed by atoms with Crippen molar-refractivity contribution < 1.29 is 14.4 Å². The Hall–Kier alpha value is -1.47. The van der Waals surface area contributed by atoms with Crippen LogP contribution in [-0.4, -0.2) is 63.2 Å². The lowest BCUT2D eigenvalue weighted by Gasteiger charge is -2.38. The second kappa shape index (κ2) is 5.66. The molecule has 2 heterocycles. The Bertz CT molecular complexity index is 440. The topological polar surface area (TPSA) is 82.7 Å². The summed E-state index contributed by atoms with van der Waals surface area (Å²) < 4.78 is 5.18. The lowest BCUT2D eigenvalue weighted by Crippen LogP contribution is -2.52. The number of hydrogen-bond acceptors (Lipinski definition) is 6. The summed E-state index contributed by atoms with van der Waals surface area (Å²) >= 11 is 0. The van der Waals surface area contributed by atoms with Crippen LogP contribution in [0.25, 0.3) is 0 Å². The first-order chi connectivity index (χ1) is 8.99. The molecule has 0 spiro atoms. The Balaban J connectivity index is 1.91. The highest BCUT2D eigenvalue weighted by Gasteiger charge is 2.29. The van der Waals surface area contributed by atoms with Crippen LogP contribution in [0, 0.1) is 6.92 Å². The molecule has 0 aromatic carbocycles. The predicted octanol–water partition coefficient (Wildman–Crippen LogP) is 0.530. The first-order valence-electron chi connectivity index (χ1n) is 6.50. The van der Waals surface area contributed by atoms with Crippen LogP contribution in [0.15, 0.2) is 4.52 Å². The molecule has 0 radical (unpaired) electrons. The number of nitrogens with zero attached hydrogens (tertiary/aromatic N) is 4. The molecule has 7 nitrogen and oxygen atoms in total. The highest BCUT2D eigenvalue weighted by Crippen LogP contribution is 2.20. The molecule has 106 valence electrons. The van der Waals surface area contributed by atoms with E-state index in [2.05, 4.69) is 15.0 Å². The normalized spacial score (nSPS) is 21.2. The average Bonchev–Trinajstić information content (AvgIpc) is 2.84. The molecule has 2 unspecified atom stereocenters. The number of carboxylic acids is 1. The molecule has 0 bridgehead atoms.